The van der Waals surface area contributed by atoms with Gasteiger partial charge in [-0.1, -0.05) is 18.2 Å². The van der Waals surface area contributed by atoms with E-state index in [4.69, 9.17) is 0 Å². The molecule has 0 aliphatic heterocycles. The summed E-state index contributed by atoms with van der Waals surface area (Å²) in [7, 11) is 1.87. The molecule has 3 amide bonds. The molecule has 1 aromatic carbocycles. The monoisotopic (exact) mass is 358 g/mol. The maximum absolute atomic E-state index is 12.3. The number of fused-ring (bicyclic) bond motifs is 1. The maximum Gasteiger partial charge on any atom is 0.271 e. The van der Waals surface area contributed by atoms with Crippen molar-refractivity contribution in [2.75, 3.05) is 13.1 Å². The van der Waals surface area contributed by atoms with Crippen molar-refractivity contribution in [2.24, 2.45) is 7.05 Å². The number of nitrogens with zero attached hydrogens (tertiary/aromatic N) is 2. The molecule has 0 atom stereocenters. The van der Waals surface area contributed by atoms with Crippen molar-refractivity contribution >= 4 is 28.6 Å². The molecule has 0 saturated heterocycles. The molecule has 1 aromatic heterocycles. The lowest BCUT2D eigenvalue weighted by Gasteiger charge is -2.18. The second-order valence-corrected chi connectivity index (χ2v) is 6.09. The van der Waals surface area contributed by atoms with Gasteiger partial charge in [0.2, 0.25) is 11.8 Å². The van der Waals surface area contributed by atoms with E-state index in [-0.39, 0.29) is 24.1 Å². The summed E-state index contributed by atoms with van der Waals surface area (Å²) < 4.78 is 1.87. The van der Waals surface area contributed by atoms with Crippen LogP contribution in [0, 0.1) is 0 Å². The molecular formula is C19H26N4O3. The molecule has 0 spiro atoms. The highest BCUT2D eigenvalue weighted by molar-refractivity contribution is 6.07. The SMILES string of the molecule is CCN(CC)C(=O)CCCC(=O)NNC(=O)c1cn(C)c2ccccc12. The molecule has 2 aromatic rings. The second-order valence-electron chi connectivity index (χ2n) is 6.09. The van der Waals surface area contributed by atoms with E-state index in [1.165, 1.54) is 0 Å². The number of amides is 3. The number of rotatable bonds is 7. The van der Waals surface area contributed by atoms with Gasteiger partial charge in [0.05, 0.1) is 5.56 Å². The third-order valence-corrected chi connectivity index (χ3v) is 4.37. The zero-order valence-corrected chi connectivity index (χ0v) is 15.5. The first kappa shape index (κ1) is 19.5. The summed E-state index contributed by atoms with van der Waals surface area (Å²) >= 11 is 0. The predicted molar refractivity (Wildman–Crippen MR) is 100 cm³/mol. The predicted octanol–water partition coefficient (Wildman–Crippen LogP) is 1.98. The minimum Gasteiger partial charge on any atom is -0.350 e. The summed E-state index contributed by atoms with van der Waals surface area (Å²) in [5, 5.41) is 0.826. The molecule has 1 heterocycles. The molecule has 0 unspecified atom stereocenters. The molecule has 0 radical (unpaired) electrons. The number of hydrazine groups is 1. The van der Waals surface area contributed by atoms with Gasteiger partial charge >= 0.3 is 0 Å². The number of carbonyl (C=O) groups is 3. The van der Waals surface area contributed by atoms with Crippen LogP contribution in [-0.4, -0.2) is 40.3 Å². The number of hydrogen-bond donors (Lipinski definition) is 2. The quantitative estimate of drug-likeness (QED) is 0.743. The van der Waals surface area contributed by atoms with Crippen LogP contribution in [-0.2, 0) is 16.6 Å². The highest BCUT2D eigenvalue weighted by Crippen LogP contribution is 2.19. The first-order chi connectivity index (χ1) is 12.5. The van der Waals surface area contributed by atoms with Gasteiger partial charge in [0.1, 0.15) is 0 Å². The van der Waals surface area contributed by atoms with Crippen LogP contribution in [0.1, 0.15) is 43.5 Å². The van der Waals surface area contributed by atoms with Crippen LogP contribution in [0.4, 0.5) is 0 Å². The number of aryl methyl sites for hydroxylation is 1. The largest absolute Gasteiger partial charge is 0.350 e. The van der Waals surface area contributed by atoms with Crippen LogP contribution >= 0.6 is 0 Å². The maximum atomic E-state index is 12.3. The van der Waals surface area contributed by atoms with Crippen LogP contribution in [0.3, 0.4) is 0 Å². The molecule has 0 bridgehead atoms. The molecular weight excluding hydrogens is 332 g/mol. The average Bonchev–Trinajstić information content (AvgIpc) is 2.98. The Morgan fingerprint density at radius 2 is 1.73 bits per heavy atom. The van der Waals surface area contributed by atoms with E-state index in [2.05, 4.69) is 10.9 Å². The summed E-state index contributed by atoms with van der Waals surface area (Å²) in [4.78, 5) is 37.8. The van der Waals surface area contributed by atoms with Crippen molar-refractivity contribution in [3.05, 3.63) is 36.0 Å². The standard InChI is InChI=1S/C19H26N4O3/c1-4-23(5-2)18(25)12-8-11-17(24)20-21-19(26)15-13-22(3)16-10-7-6-9-14(15)16/h6-7,9-10,13H,4-5,8,11-12H2,1-3H3,(H,20,24)(H,21,26). The fraction of sp³-hybridized carbons (Fsp3) is 0.421. The van der Waals surface area contributed by atoms with Crippen molar-refractivity contribution in [1.82, 2.24) is 20.3 Å². The lowest BCUT2D eigenvalue weighted by Crippen LogP contribution is -2.41. The van der Waals surface area contributed by atoms with Gasteiger partial charge in [0, 0.05) is 50.1 Å². The molecule has 0 aliphatic rings. The number of carbonyl (C=O) groups excluding carboxylic acids is 3. The van der Waals surface area contributed by atoms with E-state index in [0.717, 1.165) is 10.9 Å². The molecule has 2 N–H and O–H groups in total. The fourth-order valence-electron chi connectivity index (χ4n) is 2.91. The Bertz CT molecular complexity index is 793. The first-order valence-electron chi connectivity index (χ1n) is 8.88. The van der Waals surface area contributed by atoms with Crippen LogP contribution in [0.2, 0.25) is 0 Å². The van der Waals surface area contributed by atoms with Crippen molar-refractivity contribution in [2.45, 2.75) is 33.1 Å². The highest BCUT2D eigenvalue weighted by Gasteiger charge is 2.15. The third kappa shape index (κ3) is 4.62. The van der Waals surface area contributed by atoms with Gasteiger partial charge in [0.25, 0.3) is 5.91 Å². The van der Waals surface area contributed by atoms with Crippen LogP contribution < -0.4 is 10.9 Å². The molecule has 7 heteroatoms. The molecule has 0 fully saturated rings. The smallest absolute Gasteiger partial charge is 0.271 e. The summed E-state index contributed by atoms with van der Waals surface area (Å²) in [5.74, 6) is -0.636. The summed E-state index contributed by atoms with van der Waals surface area (Å²) in [5.41, 5.74) is 6.30. The van der Waals surface area contributed by atoms with Gasteiger partial charge in [-0.3, -0.25) is 25.2 Å². The minimum absolute atomic E-state index is 0.0441. The Hall–Kier alpha value is -2.83. The van der Waals surface area contributed by atoms with Gasteiger partial charge in [-0.2, -0.15) is 0 Å². The van der Waals surface area contributed by atoms with Crippen LogP contribution in [0.15, 0.2) is 30.5 Å². The Labute approximate surface area is 153 Å². The number of para-hydroxylation sites is 1. The van der Waals surface area contributed by atoms with Crippen molar-refractivity contribution in [1.29, 1.82) is 0 Å². The van der Waals surface area contributed by atoms with E-state index >= 15 is 0 Å². The third-order valence-electron chi connectivity index (χ3n) is 4.37. The van der Waals surface area contributed by atoms with Gasteiger partial charge in [-0.05, 0) is 26.3 Å². The normalized spacial score (nSPS) is 10.6. The minimum atomic E-state index is -0.366. The average molecular weight is 358 g/mol. The molecule has 7 nitrogen and oxygen atoms in total. The molecule has 140 valence electrons. The van der Waals surface area contributed by atoms with E-state index < -0.39 is 0 Å². The van der Waals surface area contributed by atoms with Crippen LogP contribution in [0.5, 0.6) is 0 Å². The van der Waals surface area contributed by atoms with Gasteiger partial charge < -0.3 is 9.47 Å². The Morgan fingerprint density at radius 3 is 2.42 bits per heavy atom. The topological polar surface area (TPSA) is 83.4 Å². The number of aromatic nitrogens is 1. The van der Waals surface area contributed by atoms with Crippen molar-refractivity contribution in [3.63, 3.8) is 0 Å². The van der Waals surface area contributed by atoms with Gasteiger partial charge in [-0.25, -0.2) is 0 Å². The summed E-state index contributed by atoms with van der Waals surface area (Å²) in [6, 6.07) is 7.57. The molecule has 26 heavy (non-hydrogen) atoms. The zero-order valence-electron chi connectivity index (χ0n) is 15.5. The van der Waals surface area contributed by atoms with Crippen LogP contribution in [0.25, 0.3) is 10.9 Å². The molecule has 2 rings (SSSR count). The van der Waals surface area contributed by atoms with E-state index in [9.17, 15) is 14.4 Å². The second kappa shape index (κ2) is 9.03. The van der Waals surface area contributed by atoms with Gasteiger partial charge in [0.15, 0.2) is 0 Å². The van der Waals surface area contributed by atoms with E-state index in [1.807, 2.05) is 49.7 Å². The molecule has 0 saturated carbocycles. The Kier molecular flexibility index (Phi) is 6.77. The van der Waals surface area contributed by atoms with E-state index in [0.29, 0.717) is 31.5 Å². The Morgan fingerprint density at radius 1 is 1.04 bits per heavy atom. The lowest BCUT2D eigenvalue weighted by atomic mass is 10.2. The van der Waals surface area contributed by atoms with E-state index in [1.54, 1.807) is 11.1 Å². The Balaban J connectivity index is 1.82. The summed E-state index contributed by atoms with van der Waals surface area (Å²) in [6.07, 6.45) is 2.69. The molecule has 0 aliphatic carbocycles. The van der Waals surface area contributed by atoms with Gasteiger partial charge in [-0.15, -0.1) is 0 Å². The summed E-state index contributed by atoms with van der Waals surface area (Å²) in [6.45, 7) is 5.19. The van der Waals surface area contributed by atoms with Crippen molar-refractivity contribution in [3.8, 4) is 0 Å². The number of hydrogen-bond acceptors (Lipinski definition) is 3. The lowest BCUT2D eigenvalue weighted by molar-refractivity contribution is -0.131. The number of benzene rings is 1. The zero-order chi connectivity index (χ0) is 19.1. The number of nitrogens with one attached hydrogen (secondary N) is 2. The fourth-order valence-corrected chi connectivity index (χ4v) is 2.91. The first-order valence-corrected chi connectivity index (χ1v) is 8.88. The van der Waals surface area contributed by atoms with Crippen molar-refractivity contribution < 1.29 is 14.4 Å². The highest BCUT2D eigenvalue weighted by atomic mass is 16.2.